The molecule has 1 N–H and O–H groups in total. The van der Waals surface area contributed by atoms with Crippen LogP contribution in [0, 0.1) is 11.7 Å². The minimum atomic E-state index is -4.23. The van der Waals surface area contributed by atoms with Gasteiger partial charge in [-0.25, -0.2) is 17.6 Å². The van der Waals surface area contributed by atoms with Crippen molar-refractivity contribution in [3.05, 3.63) is 53.3 Å². The number of hydrogen-bond acceptors (Lipinski definition) is 5. The summed E-state index contributed by atoms with van der Waals surface area (Å²) in [6, 6.07) is 8.26. The number of sulfonamides is 1. The standard InChI is InChI=1S/C18H16FNO5S/c1-24-18(21)16-14(7-6-11-12-8-10(12)9-25-17(11)16)20-26(22,23)15-5-3-2-4-13(15)19/h2-7,10,12,20H,8-9H2,1H3. The summed E-state index contributed by atoms with van der Waals surface area (Å²) in [5.74, 6) is -0.500. The predicted octanol–water partition coefficient (Wildman–Crippen LogP) is 2.91. The van der Waals surface area contributed by atoms with Crippen molar-refractivity contribution < 1.29 is 27.1 Å². The molecule has 2 aliphatic rings. The summed E-state index contributed by atoms with van der Waals surface area (Å²) in [5, 5.41) is 0. The van der Waals surface area contributed by atoms with Crippen molar-refractivity contribution in [2.75, 3.05) is 18.4 Å². The van der Waals surface area contributed by atoms with Gasteiger partial charge in [-0.3, -0.25) is 4.72 Å². The van der Waals surface area contributed by atoms with E-state index in [4.69, 9.17) is 9.47 Å². The Hall–Kier alpha value is -2.61. The van der Waals surface area contributed by atoms with E-state index >= 15 is 0 Å². The molecule has 8 heteroatoms. The Bertz CT molecular complexity index is 1000. The molecule has 0 radical (unpaired) electrons. The second kappa shape index (κ2) is 5.98. The highest BCUT2D eigenvalue weighted by Gasteiger charge is 2.45. The first-order chi connectivity index (χ1) is 12.4. The van der Waals surface area contributed by atoms with Crippen LogP contribution in [0.25, 0.3) is 0 Å². The second-order valence-electron chi connectivity index (χ2n) is 6.35. The molecule has 136 valence electrons. The lowest BCUT2D eigenvalue weighted by Crippen LogP contribution is -2.20. The van der Waals surface area contributed by atoms with Gasteiger partial charge in [-0.1, -0.05) is 18.2 Å². The lowest BCUT2D eigenvalue weighted by Gasteiger charge is -2.22. The second-order valence-corrected chi connectivity index (χ2v) is 8.00. The van der Waals surface area contributed by atoms with Crippen molar-refractivity contribution in [1.82, 2.24) is 0 Å². The molecule has 4 rings (SSSR count). The first kappa shape index (κ1) is 16.8. The van der Waals surface area contributed by atoms with Crippen molar-refractivity contribution in [2.24, 2.45) is 5.92 Å². The van der Waals surface area contributed by atoms with Crippen molar-refractivity contribution in [2.45, 2.75) is 17.2 Å². The van der Waals surface area contributed by atoms with Crippen LogP contribution in [-0.2, 0) is 14.8 Å². The van der Waals surface area contributed by atoms with Crippen LogP contribution in [0.3, 0.4) is 0 Å². The molecule has 1 aliphatic heterocycles. The Morgan fingerprint density at radius 3 is 2.77 bits per heavy atom. The zero-order valence-corrected chi connectivity index (χ0v) is 14.7. The van der Waals surface area contributed by atoms with E-state index in [1.807, 2.05) is 0 Å². The maximum Gasteiger partial charge on any atom is 0.343 e. The molecule has 1 fully saturated rings. The minimum absolute atomic E-state index is 0.00190. The number of halogens is 1. The van der Waals surface area contributed by atoms with E-state index in [0.717, 1.165) is 24.1 Å². The molecule has 0 amide bonds. The van der Waals surface area contributed by atoms with E-state index in [1.165, 1.54) is 25.3 Å². The van der Waals surface area contributed by atoms with Crippen LogP contribution in [0.15, 0.2) is 41.3 Å². The van der Waals surface area contributed by atoms with Crippen molar-refractivity contribution in [3.63, 3.8) is 0 Å². The number of benzene rings is 2. The van der Waals surface area contributed by atoms with Gasteiger partial charge in [0, 0.05) is 5.92 Å². The van der Waals surface area contributed by atoms with Crippen LogP contribution in [0.5, 0.6) is 5.75 Å². The average Bonchev–Trinajstić information content (AvgIpc) is 3.40. The van der Waals surface area contributed by atoms with Gasteiger partial charge in [-0.15, -0.1) is 0 Å². The molecule has 1 aliphatic carbocycles. The highest BCUT2D eigenvalue weighted by atomic mass is 32.2. The summed E-state index contributed by atoms with van der Waals surface area (Å²) in [7, 11) is -3.02. The van der Waals surface area contributed by atoms with Gasteiger partial charge in [0.1, 0.15) is 22.0 Å². The zero-order chi connectivity index (χ0) is 18.5. The first-order valence-corrected chi connectivity index (χ1v) is 9.56. The molecular formula is C18H16FNO5S. The molecule has 2 aromatic carbocycles. The van der Waals surface area contributed by atoms with Crippen LogP contribution < -0.4 is 9.46 Å². The molecule has 0 saturated heterocycles. The van der Waals surface area contributed by atoms with Crippen LogP contribution in [-0.4, -0.2) is 28.1 Å². The predicted molar refractivity (Wildman–Crippen MR) is 91.3 cm³/mol. The quantitative estimate of drug-likeness (QED) is 0.829. The summed E-state index contributed by atoms with van der Waals surface area (Å²) >= 11 is 0. The Balaban J connectivity index is 1.80. The van der Waals surface area contributed by atoms with Gasteiger partial charge in [0.25, 0.3) is 10.0 Å². The van der Waals surface area contributed by atoms with E-state index in [0.29, 0.717) is 24.2 Å². The monoisotopic (exact) mass is 377 g/mol. The number of hydrogen-bond donors (Lipinski definition) is 1. The van der Waals surface area contributed by atoms with Gasteiger partial charge in [0.15, 0.2) is 0 Å². The van der Waals surface area contributed by atoms with Crippen molar-refractivity contribution in [1.29, 1.82) is 0 Å². The zero-order valence-electron chi connectivity index (χ0n) is 13.9. The topological polar surface area (TPSA) is 81.7 Å². The van der Waals surface area contributed by atoms with Crippen molar-refractivity contribution in [3.8, 4) is 5.75 Å². The molecule has 1 saturated carbocycles. The molecular weight excluding hydrogens is 361 g/mol. The summed E-state index contributed by atoms with van der Waals surface area (Å²) < 4.78 is 51.9. The lowest BCUT2D eigenvalue weighted by molar-refractivity contribution is 0.0596. The average molecular weight is 377 g/mol. The third-order valence-corrected chi connectivity index (χ3v) is 6.11. The number of anilines is 1. The number of carbonyl (C=O) groups is 1. The van der Waals surface area contributed by atoms with E-state index in [-0.39, 0.29) is 11.3 Å². The molecule has 2 aromatic rings. The van der Waals surface area contributed by atoms with E-state index in [9.17, 15) is 17.6 Å². The SMILES string of the molecule is COC(=O)c1c(NS(=O)(=O)c2ccccc2F)ccc2c1OCC1CC21. The molecule has 0 aromatic heterocycles. The lowest BCUT2D eigenvalue weighted by atomic mass is 10.0. The largest absolute Gasteiger partial charge is 0.492 e. The highest BCUT2D eigenvalue weighted by molar-refractivity contribution is 7.92. The van der Waals surface area contributed by atoms with E-state index in [1.54, 1.807) is 6.07 Å². The van der Waals surface area contributed by atoms with Gasteiger partial charge >= 0.3 is 5.97 Å². The molecule has 2 atom stereocenters. The first-order valence-electron chi connectivity index (χ1n) is 8.07. The maximum absolute atomic E-state index is 13.9. The van der Waals surface area contributed by atoms with Gasteiger partial charge in [-0.2, -0.15) is 0 Å². The Morgan fingerprint density at radius 2 is 2.04 bits per heavy atom. The number of rotatable bonds is 4. The van der Waals surface area contributed by atoms with E-state index in [2.05, 4.69) is 4.72 Å². The smallest absolute Gasteiger partial charge is 0.343 e. The van der Waals surface area contributed by atoms with Crippen LogP contribution in [0.4, 0.5) is 10.1 Å². The van der Waals surface area contributed by atoms with Gasteiger partial charge in [0.05, 0.1) is 19.4 Å². The third kappa shape index (κ3) is 2.70. The van der Waals surface area contributed by atoms with Gasteiger partial charge < -0.3 is 9.47 Å². The Morgan fingerprint density at radius 1 is 1.27 bits per heavy atom. The number of carbonyl (C=O) groups excluding carboxylic acids is 1. The number of fused-ring (bicyclic) bond motifs is 3. The summed E-state index contributed by atoms with van der Waals surface area (Å²) in [6.07, 6.45) is 0.980. The normalized spacial score (nSPS) is 20.4. The molecule has 26 heavy (non-hydrogen) atoms. The third-order valence-electron chi connectivity index (χ3n) is 4.71. The molecule has 0 bridgehead atoms. The minimum Gasteiger partial charge on any atom is -0.492 e. The fourth-order valence-corrected chi connectivity index (χ4v) is 4.45. The number of nitrogens with one attached hydrogen (secondary N) is 1. The number of ether oxygens (including phenoxy) is 2. The number of esters is 1. The van der Waals surface area contributed by atoms with Crippen molar-refractivity contribution >= 4 is 21.7 Å². The number of methoxy groups -OCH3 is 1. The molecule has 2 unspecified atom stereocenters. The van der Waals surface area contributed by atoms with Crippen LogP contribution in [0.1, 0.15) is 28.3 Å². The molecule has 0 spiro atoms. The Kier molecular flexibility index (Phi) is 3.87. The highest BCUT2D eigenvalue weighted by Crippen LogP contribution is 2.55. The summed E-state index contributed by atoms with van der Waals surface area (Å²) in [6.45, 7) is 0.477. The summed E-state index contributed by atoms with van der Waals surface area (Å²) in [4.78, 5) is 11.8. The van der Waals surface area contributed by atoms with Gasteiger partial charge in [0.2, 0.25) is 0 Å². The molecule has 6 nitrogen and oxygen atoms in total. The fourth-order valence-electron chi connectivity index (χ4n) is 3.30. The Labute approximate surface area is 150 Å². The summed E-state index contributed by atoms with van der Waals surface area (Å²) in [5.41, 5.74) is 0.878. The van der Waals surface area contributed by atoms with Crippen LogP contribution in [0.2, 0.25) is 0 Å². The van der Waals surface area contributed by atoms with Gasteiger partial charge in [-0.05, 0) is 36.1 Å². The maximum atomic E-state index is 13.9. The van der Waals surface area contributed by atoms with E-state index < -0.39 is 26.7 Å². The fraction of sp³-hybridized carbons (Fsp3) is 0.278. The van der Waals surface area contributed by atoms with Crippen LogP contribution >= 0.6 is 0 Å². The molecule has 1 heterocycles.